The molecule has 0 bridgehead atoms. The highest BCUT2D eigenvalue weighted by Gasteiger charge is 2.22. The summed E-state index contributed by atoms with van der Waals surface area (Å²) in [6, 6.07) is 4.80. The number of rotatable bonds is 7. The minimum atomic E-state index is -0.582. The molecule has 0 aliphatic heterocycles. The number of Topliss-reactive ketones (excluding diaryl/α,β-unsaturated/α-hetero) is 1. The van der Waals surface area contributed by atoms with Gasteiger partial charge in [0.25, 0.3) is 0 Å². The van der Waals surface area contributed by atoms with Crippen LogP contribution in [0.3, 0.4) is 0 Å². The van der Waals surface area contributed by atoms with Crippen LogP contribution in [0.5, 0.6) is 0 Å². The number of carbonyl (C=O) groups is 2. The highest BCUT2D eigenvalue weighted by atomic mass is 16.6. The zero-order chi connectivity index (χ0) is 16.6. The van der Waals surface area contributed by atoms with Crippen LogP contribution in [0.15, 0.2) is 24.4 Å². The van der Waals surface area contributed by atoms with Gasteiger partial charge in [0.15, 0.2) is 5.78 Å². The molecule has 0 radical (unpaired) electrons. The van der Waals surface area contributed by atoms with Crippen molar-refractivity contribution < 1.29 is 19.1 Å². The fraction of sp³-hybridized carbons (Fsp3) is 0.562. The summed E-state index contributed by atoms with van der Waals surface area (Å²) in [7, 11) is 1.57. The van der Waals surface area contributed by atoms with E-state index in [1.807, 2.05) is 0 Å². The summed E-state index contributed by atoms with van der Waals surface area (Å²) in [6.45, 7) is 5.80. The minimum absolute atomic E-state index is 0.127. The van der Waals surface area contributed by atoms with Gasteiger partial charge in [0, 0.05) is 32.4 Å². The first-order chi connectivity index (χ1) is 10.3. The van der Waals surface area contributed by atoms with Crippen LogP contribution in [0.25, 0.3) is 0 Å². The molecule has 6 heteroatoms. The van der Waals surface area contributed by atoms with Gasteiger partial charge in [0.2, 0.25) is 0 Å². The smallest absolute Gasteiger partial charge is 0.407 e. The maximum absolute atomic E-state index is 12.2. The quantitative estimate of drug-likeness (QED) is 0.783. The first-order valence-electron chi connectivity index (χ1n) is 7.24. The number of alkyl carbamates (subject to hydrolysis) is 1. The molecule has 1 amide bonds. The third-order valence-corrected chi connectivity index (χ3v) is 2.77. The highest BCUT2D eigenvalue weighted by molar-refractivity contribution is 5.94. The summed E-state index contributed by atoms with van der Waals surface area (Å²) in [5, 5.41) is 2.72. The van der Waals surface area contributed by atoms with Crippen LogP contribution >= 0.6 is 0 Å². The van der Waals surface area contributed by atoms with Gasteiger partial charge in [0.1, 0.15) is 11.3 Å². The van der Waals surface area contributed by atoms with E-state index >= 15 is 0 Å². The lowest BCUT2D eigenvalue weighted by Crippen LogP contribution is -2.40. The molecule has 1 heterocycles. The van der Waals surface area contributed by atoms with Crippen LogP contribution in [0.2, 0.25) is 0 Å². The number of ketones is 1. The molecule has 0 aromatic carbocycles. The lowest BCUT2D eigenvalue weighted by atomic mass is 10.1. The van der Waals surface area contributed by atoms with E-state index in [2.05, 4.69) is 10.3 Å². The van der Waals surface area contributed by atoms with Gasteiger partial charge in [-0.15, -0.1) is 0 Å². The van der Waals surface area contributed by atoms with E-state index < -0.39 is 11.7 Å². The molecule has 0 aliphatic carbocycles. The lowest BCUT2D eigenvalue weighted by Gasteiger charge is -2.23. The molecular weight excluding hydrogens is 284 g/mol. The third-order valence-electron chi connectivity index (χ3n) is 2.77. The number of nitrogens with zero attached hydrogens (tertiary/aromatic N) is 1. The predicted molar refractivity (Wildman–Crippen MR) is 82.8 cm³/mol. The number of aromatic nitrogens is 1. The molecule has 1 aromatic rings. The second-order valence-corrected chi connectivity index (χ2v) is 5.97. The molecule has 1 unspecified atom stereocenters. The molecular formula is C16H24N2O4. The van der Waals surface area contributed by atoms with Crippen molar-refractivity contribution in [1.29, 1.82) is 0 Å². The van der Waals surface area contributed by atoms with Gasteiger partial charge in [0.05, 0.1) is 0 Å². The monoisotopic (exact) mass is 308 g/mol. The predicted octanol–water partition coefficient (Wildman–Crippen LogP) is 2.58. The fourth-order valence-corrected chi connectivity index (χ4v) is 1.82. The number of methoxy groups -OCH3 is 1. The maximum Gasteiger partial charge on any atom is 0.407 e. The summed E-state index contributed by atoms with van der Waals surface area (Å²) < 4.78 is 10.2. The Balaban J connectivity index is 2.64. The average molecular weight is 308 g/mol. The Morgan fingerprint density at radius 1 is 1.32 bits per heavy atom. The van der Waals surface area contributed by atoms with Gasteiger partial charge in [-0.1, -0.05) is 6.07 Å². The summed E-state index contributed by atoms with van der Waals surface area (Å²) in [5.74, 6) is -0.127. The van der Waals surface area contributed by atoms with Crippen molar-refractivity contribution in [3.63, 3.8) is 0 Å². The van der Waals surface area contributed by atoms with E-state index in [1.165, 1.54) is 0 Å². The first-order valence-corrected chi connectivity index (χ1v) is 7.24. The molecule has 0 fully saturated rings. The van der Waals surface area contributed by atoms with Gasteiger partial charge in [-0.05, 0) is 39.3 Å². The number of hydrogen-bond acceptors (Lipinski definition) is 5. The van der Waals surface area contributed by atoms with Crippen LogP contribution in [0.1, 0.15) is 44.1 Å². The van der Waals surface area contributed by atoms with Crippen molar-refractivity contribution in [2.75, 3.05) is 13.7 Å². The number of nitrogens with one attached hydrogen (secondary N) is 1. The molecule has 0 aliphatic rings. The second kappa shape index (κ2) is 8.48. The number of ether oxygens (including phenoxy) is 2. The SMILES string of the molecule is COCCC(CC(=O)c1ccccn1)NC(=O)OC(C)(C)C. The molecule has 0 saturated carbocycles. The first kappa shape index (κ1) is 18.1. The van der Waals surface area contributed by atoms with E-state index in [4.69, 9.17) is 9.47 Å². The summed E-state index contributed by atoms with van der Waals surface area (Å²) >= 11 is 0. The van der Waals surface area contributed by atoms with Crippen molar-refractivity contribution in [2.24, 2.45) is 0 Å². The van der Waals surface area contributed by atoms with Crippen molar-refractivity contribution in [3.8, 4) is 0 Å². The van der Waals surface area contributed by atoms with Crippen LogP contribution in [0.4, 0.5) is 4.79 Å². The van der Waals surface area contributed by atoms with E-state index in [9.17, 15) is 9.59 Å². The summed E-state index contributed by atoms with van der Waals surface area (Å²) in [4.78, 5) is 28.1. The normalized spacial score (nSPS) is 12.5. The maximum atomic E-state index is 12.2. The Morgan fingerprint density at radius 3 is 2.59 bits per heavy atom. The molecule has 22 heavy (non-hydrogen) atoms. The molecule has 122 valence electrons. The average Bonchev–Trinajstić information content (AvgIpc) is 2.43. The highest BCUT2D eigenvalue weighted by Crippen LogP contribution is 2.10. The topological polar surface area (TPSA) is 77.5 Å². The lowest BCUT2D eigenvalue weighted by molar-refractivity contribution is 0.0490. The Bertz CT molecular complexity index is 483. The van der Waals surface area contributed by atoms with Crippen LogP contribution in [-0.2, 0) is 9.47 Å². The Kier molecular flexibility index (Phi) is 6.98. The van der Waals surface area contributed by atoms with Crippen LogP contribution < -0.4 is 5.32 Å². The Hall–Kier alpha value is -1.95. The zero-order valence-electron chi connectivity index (χ0n) is 13.6. The van der Waals surface area contributed by atoms with Crippen molar-refractivity contribution in [3.05, 3.63) is 30.1 Å². The van der Waals surface area contributed by atoms with Crippen LogP contribution in [0, 0.1) is 0 Å². The van der Waals surface area contributed by atoms with E-state index in [-0.39, 0.29) is 18.2 Å². The largest absolute Gasteiger partial charge is 0.444 e. The second-order valence-electron chi connectivity index (χ2n) is 5.97. The van der Waals surface area contributed by atoms with Gasteiger partial charge < -0.3 is 14.8 Å². The van der Waals surface area contributed by atoms with Crippen molar-refractivity contribution in [2.45, 2.75) is 45.3 Å². The third kappa shape index (κ3) is 7.17. The molecule has 6 nitrogen and oxygen atoms in total. The molecule has 1 aromatic heterocycles. The van der Waals surface area contributed by atoms with E-state index in [1.54, 1.807) is 52.3 Å². The van der Waals surface area contributed by atoms with Gasteiger partial charge >= 0.3 is 6.09 Å². The van der Waals surface area contributed by atoms with E-state index in [0.29, 0.717) is 18.7 Å². The molecule has 1 rings (SSSR count). The van der Waals surface area contributed by atoms with Crippen molar-refractivity contribution >= 4 is 11.9 Å². The number of carbonyl (C=O) groups excluding carboxylic acids is 2. The molecule has 0 spiro atoms. The minimum Gasteiger partial charge on any atom is -0.444 e. The molecule has 0 saturated heterocycles. The van der Waals surface area contributed by atoms with E-state index in [0.717, 1.165) is 0 Å². The number of hydrogen-bond donors (Lipinski definition) is 1. The van der Waals surface area contributed by atoms with Crippen LogP contribution in [-0.4, -0.2) is 42.2 Å². The van der Waals surface area contributed by atoms with Crippen molar-refractivity contribution in [1.82, 2.24) is 10.3 Å². The fourth-order valence-electron chi connectivity index (χ4n) is 1.82. The summed E-state index contributed by atoms with van der Waals surface area (Å²) in [5.41, 5.74) is -0.197. The standard InChI is InChI=1S/C16H24N2O4/c1-16(2,3)22-15(20)18-12(8-10-21-4)11-14(19)13-7-5-6-9-17-13/h5-7,9,12H,8,10-11H2,1-4H3,(H,18,20). The summed E-state index contributed by atoms with van der Waals surface area (Å²) in [6.07, 6.45) is 1.70. The Labute approximate surface area is 131 Å². The van der Waals surface area contributed by atoms with Gasteiger partial charge in [-0.3, -0.25) is 9.78 Å². The van der Waals surface area contributed by atoms with Gasteiger partial charge in [-0.2, -0.15) is 0 Å². The number of pyridine rings is 1. The number of amides is 1. The Morgan fingerprint density at radius 2 is 2.05 bits per heavy atom. The molecule has 1 atom stereocenters. The molecule has 1 N–H and O–H groups in total. The van der Waals surface area contributed by atoms with Gasteiger partial charge in [-0.25, -0.2) is 4.79 Å². The zero-order valence-corrected chi connectivity index (χ0v) is 13.6.